The van der Waals surface area contributed by atoms with Gasteiger partial charge >= 0.3 is 0 Å². The Morgan fingerprint density at radius 1 is 0.743 bits per heavy atom. The van der Waals surface area contributed by atoms with Gasteiger partial charge in [-0.2, -0.15) is 0 Å². The van der Waals surface area contributed by atoms with Crippen LogP contribution in [0.5, 0.6) is 0 Å². The molecule has 5 heteroatoms. The van der Waals surface area contributed by atoms with Gasteiger partial charge in [0.2, 0.25) is 0 Å². The molecule has 1 heterocycles. The van der Waals surface area contributed by atoms with Crippen molar-refractivity contribution in [1.82, 2.24) is 0 Å². The number of hydrogen-bond donors (Lipinski definition) is 0. The van der Waals surface area contributed by atoms with Crippen LogP contribution < -0.4 is 0 Å². The first-order valence-electron chi connectivity index (χ1n) is 13.8. The summed E-state index contributed by atoms with van der Waals surface area (Å²) in [6, 6.07) is 0. The molecule has 0 bridgehead atoms. The number of hydrogen-bond acceptors (Lipinski definition) is 5. The summed E-state index contributed by atoms with van der Waals surface area (Å²) in [7, 11) is 0. The Morgan fingerprint density at radius 2 is 1.37 bits per heavy atom. The highest BCUT2D eigenvalue weighted by molar-refractivity contribution is 5.96. The SMILES string of the molecule is CC1(C)O[C@](C)([C@H]2CC[C@]3(C)C2C(=O)C[C@@H]2[C@@]4(C)CCC(=O)C(C)(C)C4C(=O)C[C@]23C)CCC1=O. The Bertz CT molecular complexity index is 1020. The molecule has 0 N–H and O–H groups in total. The molecule has 5 aliphatic rings. The summed E-state index contributed by atoms with van der Waals surface area (Å²) in [6.45, 7) is 16.5. The van der Waals surface area contributed by atoms with Crippen molar-refractivity contribution in [1.29, 1.82) is 0 Å². The average molecular weight is 485 g/mol. The third-order valence-corrected chi connectivity index (χ3v) is 12.3. The Morgan fingerprint density at radius 3 is 2.00 bits per heavy atom. The first-order chi connectivity index (χ1) is 15.9. The largest absolute Gasteiger partial charge is 0.361 e. The molecule has 5 fully saturated rings. The molecule has 0 spiro atoms. The highest BCUT2D eigenvalue weighted by atomic mass is 16.5. The van der Waals surface area contributed by atoms with Crippen LogP contribution in [0.15, 0.2) is 0 Å². The van der Waals surface area contributed by atoms with Gasteiger partial charge in [-0.05, 0) is 74.5 Å². The summed E-state index contributed by atoms with van der Waals surface area (Å²) in [5.74, 6) is 0.503. The van der Waals surface area contributed by atoms with Gasteiger partial charge in [0.25, 0.3) is 0 Å². The van der Waals surface area contributed by atoms with Gasteiger partial charge in [-0.3, -0.25) is 19.2 Å². The topological polar surface area (TPSA) is 77.5 Å². The molecule has 0 aromatic carbocycles. The van der Waals surface area contributed by atoms with E-state index in [1.54, 1.807) is 0 Å². The van der Waals surface area contributed by atoms with Crippen LogP contribution in [0.1, 0.15) is 107 Å². The quantitative estimate of drug-likeness (QED) is 0.490. The molecule has 0 aromatic heterocycles. The maximum absolute atomic E-state index is 14.1. The Balaban J connectivity index is 1.56. The summed E-state index contributed by atoms with van der Waals surface area (Å²) in [6.07, 6.45) is 5.03. The molecule has 0 aromatic rings. The van der Waals surface area contributed by atoms with E-state index in [4.69, 9.17) is 4.74 Å². The van der Waals surface area contributed by atoms with Gasteiger partial charge in [-0.25, -0.2) is 0 Å². The van der Waals surface area contributed by atoms with Crippen molar-refractivity contribution in [2.75, 3.05) is 0 Å². The third-order valence-electron chi connectivity index (χ3n) is 12.3. The minimum Gasteiger partial charge on any atom is -0.361 e. The van der Waals surface area contributed by atoms with Crippen LogP contribution >= 0.6 is 0 Å². The van der Waals surface area contributed by atoms with Crippen LogP contribution in [-0.4, -0.2) is 34.3 Å². The zero-order chi connectivity index (χ0) is 26.0. The monoisotopic (exact) mass is 484 g/mol. The molecule has 35 heavy (non-hydrogen) atoms. The van der Waals surface area contributed by atoms with Crippen LogP contribution in [0.4, 0.5) is 0 Å². The lowest BCUT2D eigenvalue weighted by Crippen LogP contribution is -2.68. The highest BCUT2D eigenvalue weighted by Gasteiger charge is 2.73. The molecule has 1 saturated heterocycles. The zero-order valence-corrected chi connectivity index (χ0v) is 23.0. The van der Waals surface area contributed by atoms with E-state index in [9.17, 15) is 19.2 Å². The number of carbonyl (C=O) groups is 4. The fraction of sp³-hybridized carbons (Fsp3) is 0.867. The molecule has 5 nitrogen and oxygen atoms in total. The smallest absolute Gasteiger partial charge is 0.164 e. The lowest BCUT2D eigenvalue weighted by molar-refractivity contribution is -0.217. The fourth-order valence-electron chi connectivity index (χ4n) is 10.4. The molecule has 0 amide bonds. The summed E-state index contributed by atoms with van der Waals surface area (Å²) < 4.78 is 6.53. The number of fused-ring (bicyclic) bond motifs is 5. The first-order valence-corrected chi connectivity index (χ1v) is 13.8. The van der Waals surface area contributed by atoms with E-state index in [-0.39, 0.29) is 57.3 Å². The van der Waals surface area contributed by atoms with Crippen molar-refractivity contribution in [3.63, 3.8) is 0 Å². The van der Waals surface area contributed by atoms with Crippen LogP contribution in [0.25, 0.3) is 0 Å². The van der Waals surface area contributed by atoms with Crippen LogP contribution in [-0.2, 0) is 23.9 Å². The number of rotatable bonds is 1. The van der Waals surface area contributed by atoms with Crippen molar-refractivity contribution in [2.45, 2.75) is 118 Å². The number of ketones is 4. The van der Waals surface area contributed by atoms with Gasteiger partial charge in [0.05, 0.1) is 5.60 Å². The van der Waals surface area contributed by atoms with E-state index in [1.165, 1.54) is 0 Å². The summed E-state index contributed by atoms with van der Waals surface area (Å²) in [5, 5.41) is 0. The van der Waals surface area contributed by atoms with Crippen molar-refractivity contribution in [3.8, 4) is 0 Å². The second kappa shape index (κ2) is 7.14. The number of carbonyl (C=O) groups excluding carboxylic acids is 4. The average Bonchev–Trinajstić information content (AvgIpc) is 3.11. The minimum absolute atomic E-state index is 0.0511. The molecule has 2 unspecified atom stereocenters. The van der Waals surface area contributed by atoms with Crippen molar-refractivity contribution < 1.29 is 23.9 Å². The van der Waals surface area contributed by atoms with Crippen LogP contribution in [0.3, 0.4) is 0 Å². The summed E-state index contributed by atoms with van der Waals surface area (Å²) >= 11 is 0. The van der Waals surface area contributed by atoms with E-state index in [0.717, 1.165) is 12.8 Å². The zero-order valence-electron chi connectivity index (χ0n) is 23.0. The van der Waals surface area contributed by atoms with E-state index in [2.05, 4.69) is 27.7 Å². The van der Waals surface area contributed by atoms with Crippen LogP contribution in [0.2, 0.25) is 0 Å². The highest BCUT2D eigenvalue weighted by Crippen LogP contribution is 2.74. The predicted octanol–water partition coefficient (Wildman–Crippen LogP) is 5.52. The van der Waals surface area contributed by atoms with Gasteiger partial charge in [0.15, 0.2) is 5.78 Å². The van der Waals surface area contributed by atoms with Crippen molar-refractivity contribution >= 4 is 23.1 Å². The van der Waals surface area contributed by atoms with Crippen LogP contribution in [0, 0.1) is 45.3 Å². The van der Waals surface area contributed by atoms with E-state index < -0.39 is 16.6 Å². The Hall–Kier alpha value is -1.36. The Labute approximate surface area is 210 Å². The van der Waals surface area contributed by atoms with E-state index in [1.807, 2.05) is 27.7 Å². The lowest BCUT2D eigenvalue weighted by Gasteiger charge is -2.67. The fourth-order valence-corrected chi connectivity index (χ4v) is 10.4. The molecule has 194 valence electrons. The normalized spacial score (nSPS) is 51.0. The molecular formula is C30H44O5. The van der Waals surface area contributed by atoms with Gasteiger partial charge in [-0.15, -0.1) is 0 Å². The molecule has 0 radical (unpaired) electrons. The number of Topliss-reactive ketones (excluding diaryl/α,β-unsaturated/α-hetero) is 4. The summed E-state index contributed by atoms with van der Waals surface area (Å²) in [5.41, 5.74) is -2.98. The lowest BCUT2D eigenvalue weighted by atomic mass is 9.35. The number of ether oxygens (including phenoxy) is 1. The van der Waals surface area contributed by atoms with E-state index in [0.29, 0.717) is 44.3 Å². The maximum atomic E-state index is 14.1. The second-order valence-electron chi connectivity index (χ2n) is 14.8. The molecule has 1 aliphatic heterocycles. The standard InChI is InChI=1S/C30H44O5/c1-25(2)21(33)10-12-27(5)20-15-18(31)23-17(30(8)14-11-22(34)26(3,4)35-30)9-13-28(23,6)29(20,7)16-19(32)24(25)27/h17,20,23-24H,9-16H2,1-8H3/t17-,20+,23?,24?,27+,28+,29+,30-/m0/s1. The minimum atomic E-state index is -0.835. The van der Waals surface area contributed by atoms with Crippen molar-refractivity contribution in [2.24, 2.45) is 45.3 Å². The predicted molar refractivity (Wildman–Crippen MR) is 133 cm³/mol. The molecular weight excluding hydrogens is 440 g/mol. The first kappa shape index (κ1) is 25.3. The molecule has 8 atom stereocenters. The van der Waals surface area contributed by atoms with Gasteiger partial charge < -0.3 is 4.74 Å². The van der Waals surface area contributed by atoms with Gasteiger partial charge in [0.1, 0.15) is 23.0 Å². The van der Waals surface area contributed by atoms with Gasteiger partial charge in [-0.1, -0.05) is 34.6 Å². The maximum Gasteiger partial charge on any atom is 0.164 e. The van der Waals surface area contributed by atoms with E-state index >= 15 is 0 Å². The third kappa shape index (κ3) is 3.03. The second-order valence-corrected chi connectivity index (χ2v) is 14.8. The molecule has 4 saturated carbocycles. The van der Waals surface area contributed by atoms with Crippen molar-refractivity contribution in [3.05, 3.63) is 0 Å². The molecule has 5 rings (SSSR count). The Kier molecular flexibility index (Phi) is 5.16. The van der Waals surface area contributed by atoms with Gasteiger partial charge in [0, 0.05) is 42.9 Å². The summed E-state index contributed by atoms with van der Waals surface area (Å²) in [4.78, 5) is 53.5. The molecule has 4 aliphatic carbocycles.